The van der Waals surface area contributed by atoms with E-state index < -0.39 is 21.8 Å². The van der Waals surface area contributed by atoms with Gasteiger partial charge in [-0.15, -0.1) is 0 Å². The molecule has 1 fully saturated rings. The van der Waals surface area contributed by atoms with Crippen LogP contribution in [0.15, 0.2) is 71.8 Å². The maximum absolute atomic E-state index is 13.8. The summed E-state index contributed by atoms with van der Waals surface area (Å²) in [5.74, 6) is 0. The number of pyridine rings is 1. The van der Waals surface area contributed by atoms with E-state index in [0.29, 0.717) is 18.8 Å². The first-order chi connectivity index (χ1) is 18.6. The van der Waals surface area contributed by atoms with Crippen LogP contribution in [0.5, 0.6) is 0 Å². The number of fused-ring (bicyclic) bond motifs is 1. The lowest BCUT2D eigenvalue weighted by molar-refractivity contribution is -0.137. The summed E-state index contributed by atoms with van der Waals surface area (Å²) in [4.78, 5) is 6.39. The summed E-state index contributed by atoms with van der Waals surface area (Å²) in [5, 5.41) is 0. The molecule has 0 unspecified atom stereocenters. The Balaban J connectivity index is 1.51. The highest BCUT2D eigenvalue weighted by Gasteiger charge is 2.36. The number of halogens is 3. The Labute approximate surface area is 226 Å². The minimum absolute atomic E-state index is 0.0698. The molecule has 0 spiro atoms. The molecular weight excluding hydrogens is 529 g/mol. The van der Waals surface area contributed by atoms with Gasteiger partial charge in [-0.1, -0.05) is 31.0 Å². The van der Waals surface area contributed by atoms with E-state index in [1.54, 1.807) is 18.3 Å². The third kappa shape index (κ3) is 6.21. The molecule has 2 aliphatic rings. The number of anilines is 2. The van der Waals surface area contributed by atoms with Crippen molar-refractivity contribution >= 4 is 21.4 Å². The van der Waals surface area contributed by atoms with Crippen molar-refractivity contribution in [3.8, 4) is 0 Å². The fraction of sp³-hybridized carbons (Fsp3) is 0.393. The highest BCUT2D eigenvalue weighted by Crippen LogP contribution is 2.34. The van der Waals surface area contributed by atoms with Gasteiger partial charge in [-0.25, -0.2) is 8.42 Å². The molecule has 0 saturated heterocycles. The molecule has 2 aromatic carbocycles. The van der Waals surface area contributed by atoms with Crippen LogP contribution in [0.4, 0.5) is 24.5 Å². The van der Waals surface area contributed by atoms with Crippen molar-refractivity contribution in [2.24, 2.45) is 0 Å². The molecule has 1 aliphatic carbocycles. The topological polar surface area (TPSA) is 88.8 Å². The lowest BCUT2D eigenvalue weighted by Crippen LogP contribution is -2.46. The SMILES string of the molecule is Nc1ccnc(CN2c3ccccc3CN(S(=O)(=O)c3ccc(C(F)(F)F)cc3)C[C@H]2COC2CCCC2)c1. The van der Waals surface area contributed by atoms with Crippen molar-refractivity contribution in [3.05, 3.63) is 83.7 Å². The maximum atomic E-state index is 13.8. The third-order valence-electron chi connectivity index (χ3n) is 7.32. The number of alkyl halides is 3. The van der Waals surface area contributed by atoms with E-state index in [2.05, 4.69) is 9.88 Å². The van der Waals surface area contributed by atoms with Gasteiger partial charge in [-0.05, 0) is 60.9 Å². The molecule has 2 heterocycles. The second kappa shape index (κ2) is 11.1. The van der Waals surface area contributed by atoms with Crippen LogP contribution in [0.2, 0.25) is 0 Å². The summed E-state index contributed by atoms with van der Waals surface area (Å²) in [6.07, 6.45) is 1.34. The summed E-state index contributed by atoms with van der Waals surface area (Å²) < 4.78 is 74.5. The van der Waals surface area contributed by atoms with Gasteiger partial charge in [-0.2, -0.15) is 17.5 Å². The third-order valence-corrected chi connectivity index (χ3v) is 9.15. The average molecular weight is 561 g/mol. The number of hydrogen-bond donors (Lipinski definition) is 1. The predicted molar refractivity (Wildman–Crippen MR) is 142 cm³/mol. The van der Waals surface area contributed by atoms with Crippen LogP contribution in [0.25, 0.3) is 0 Å². The number of nitrogens with zero attached hydrogens (tertiary/aromatic N) is 3. The van der Waals surface area contributed by atoms with Gasteiger partial charge in [0.1, 0.15) is 0 Å². The van der Waals surface area contributed by atoms with Crippen LogP contribution in [0.1, 0.15) is 42.5 Å². The minimum atomic E-state index is -4.55. The number of para-hydroxylation sites is 1. The van der Waals surface area contributed by atoms with Gasteiger partial charge in [0.05, 0.1) is 41.5 Å². The Bertz CT molecular complexity index is 1390. The summed E-state index contributed by atoms with van der Waals surface area (Å²) >= 11 is 0. The largest absolute Gasteiger partial charge is 0.416 e. The first-order valence-corrected chi connectivity index (χ1v) is 14.4. The number of aromatic nitrogens is 1. The Kier molecular flexibility index (Phi) is 7.84. The standard InChI is InChI=1S/C28H31F3N4O3S/c29-28(30,31)21-9-11-26(12-10-21)39(36,37)34-16-20-5-1-4-8-27(20)35(17-23-15-22(32)13-14-33-23)24(18-34)19-38-25-6-2-3-7-25/h1,4-5,8-15,24-25H,2-3,6-7,16-19H2,(H2,32,33)/t24-/m0/s1. The van der Waals surface area contributed by atoms with Crippen LogP contribution >= 0.6 is 0 Å². The van der Waals surface area contributed by atoms with E-state index in [9.17, 15) is 21.6 Å². The summed E-state index contributed by atoms with van der Waals surface area (Å²) in [6.45, 7) is 0.836. The monoisotopic (exact) mass is 560 g/mol. The second-order valence-corrected chi connectivity index (χ2v) is 12.0. The summed E-state index contributed by atoms with van der Waals surface area (Å²) in [5.41, 5.74) is 8.05. The van der Waals surface area contributed by atoms with Gasteiger partial charge in [0.2, 0.25) is 10.0 Å². The highest BCUT2D eigenvalue weighted by atomic mass is 32.2. The molecule has 1 atom stereocenters. The normalized spacial score (nSPS) is 19.2. The molecule has 208 valence electrons. The van der Waals surface area contributed by atoms with E-state index in [4.69, 9.17) is 10.5 Å². The summed E-state index contributed by atoms with van der Waals surface area (Å²) in [7, 11) is -4.12. The summed E-state index contributed by atoms with van der Waals surface area (Å²) in [6, 6.07) is 14.3. The lowest BCUT2D eigenvalue weighted by Gasteiger charge is -2.34. The van der Waals surface area contributed by atoms with E-state index in [-0.39, 0.29) is 30.1 Å². The number of hydrogen-bond acceptors (Lipinski definition) is 6. The van der Waals surface area contributed by atoms with Crippen LogP contribution in [-0.2, 0) is 34.0 Å². The zero-order valence-electron chi connectivity index (χ0n) is 21.3. The smallest absolute Gasteiger partial charge is 0.399 e. The number of nitrogen functional groups attached to an aromatic ring is 1. The van der Waals surface area contributed by atoms with Gasteiger partial charge >= 0.3 is 6.18 Å². The first kappa shape index (κ1) is 27.4. The van der Waals surface area contributed by atoms with E-state index in [1.165, 1.54) is 4.31 Å². The van der Waals surface area contributed by atoms with Crippen LogP contribution in [0.3, 0.4) is 0 Å². The van der Waals surface area contributed by atoms with E-state index >= 15 is 0 Å². The Morgan fingerprint density at radius 3 is 2.44 bits per heavy atom. The zero-order valence-corrected chi connectivity index (χ0v) is 22.2. The van der Waals surface area contributed by atoms with Gasteiger partial charge < -0.3 is 15.4 Å². The highest BCUT2D eigenvalue weighted by molar-refractivity contribution is 7.89. The predicted octanol–water partition coefficient (Wildman–Crippen LogP) is 5.22. The van der Waals surface area contributed by atoms with Crippen molar-refractivity contribution < 1.29 is 26.3 Å². The van der Waals surface area contributed by atoms with E-state index in [1.807, 2.05) is 24.3 Å². The molecule has 2 N–H and O–H groups in total. The fourth-order valence-corrected chi connectivity index (χ4v) is 6.73. The molecule has 3 aromatic rings. The minimum Gasteiger partial charge on any atom is -0.399 e. The molecule has 1 aliphatic heterocycles. The fourth-order valence-electron chi connectivity index (χ4n) is 5.27. The molecule has 1 saturated carbocycles. The first-order valence-electron chi connectivity index (χ1n) is 13.0. The van der Waals surface area contributed by atoms with Crippen molar-refractivity contribution in [2.75, 3.05) is 23.8 Å². The molecule has 39 heavy (non-hydrogen) atoms. The molecule has 11 heteroatoms. The molecular formula is C28H31F3N4O3S. The Morgan fingerprint density at radius 2 is 1.74 bits per heavy atom. The molecule has 7 nitrogen and oxygen atoms in total. The van der Waals surface area contributed by atoms with Gasteiger partial charge in [0.15, 0.2) is 0 Å². The van der Waals surface area contributed by atoms with Crippen molar-refractivity contribution in [3.63, 3.8) is 0 Å². The number of benzene rings is 2. The van der Waals surface area contributed by atoms with Crippen LogP contribution in [-0.4, -0.2) is 43.0 Å². The Morgan fingerprint density at radius 1 is 1.03 bits per heavy atom. The van der Waals surface area contributed by atoms with Crippen molar-refractivity contribution in [1.82, 2.24) is 9.29 Å². The number of rotatable bonds is 7. The number of nitrogens with two attached hydrogens (primary N) is 1. The lowest BCUT2D eigenvalue weighted by atomic mass is 10.1. The Hall–Kier alpha value is -3.15. The second-order valence-electron chi connectivity index (χ2n) is 10.1. The maximum Gasteiger partial charge on any atom is 0.416 e. The number of ether oxygens (including phenoxy) is 1. The van der Waals surface area contributed by atoms with Crippen molar-refractivity contribution in [1.29, 1.82) is 0 Å². The van der Waals surface area contributed by atoms with Crippen molar-refractivity contribution in [2.45, 2.75) is 62.0 Å². The quantitative estimate of drug-likeness (QED) is 0.426. The van der Waals surface area contributed by atoms with Crippen LogP contribution in [0, 0.1) is 0 Å². The zero-order chi connectivity index (χ0) is 27.6. The van der Waals surface area contributed by atoms with Crippen LogP contribution < -0.4 is 10.6 Å². The molecule has 0 bridgehead atoms. The average Bonchev–Trinajstić information content (AvgIpc) is 3.37. The van der Waals surface area contributed by atoms with Gasteiger partial charge in [0.25, 0.3) is 0 Å². The molecule has 0 radical (unpaired) electrons. The molecule has 5 rings (SSSR count). The molecule has 1 aromatic heterocycles. The molecule has 0 amide bonds. The van der Waals surface area contributed by atoms with Gasteiger partial charge in [-0.3, -0.25) is 4.98 Å². The van der Waals surface area contributed by atoms with Gasteiger partial charge in [0, 0.05) is 30.7 Å². The van der Waals surface area contributed by atoms with E-state index in [0.717, 1.165) is 66.9 Å². The number of sulfonamides is 1.